The predicted molar refractivity (Wildman–Crippen MR) is 96.0 cm³/mol. The van der Waals surface area contributed by atoms with Gasteiger partial charge in [-0.25, -0.2) is 9.97 Å². The first-order chi connectivity index (χ1) is 12.3. The van der Waals surface area contributed by atoms with Crippen molar-refractivity contribution in [2.45, 2.75) is 19.6 Å². The smallest absolute Gasteiger partial charge is 0.366 e. The van der Waals surface area contributed by atoms with E-state index >= 15 is 0 Å². The molecule has 2 aromatic carbocycles. The quantitative estimate of drug-likeness (QED) is 0.589. The molecule has 1 aromatic heterocycles. The van der Waals surface area contributed by atoms with Gasteiger partial charge in [0.2, 0.25) is 0 Å². The van der Waals surface area contributed by atoms with E-state index in [4.69, 9.17) is 11.6 Å². The number of hydrogen-bond donors (Lipinski definition) is 1. The van der Waals surface area contributed by atoms with Crippen molar-refractivity contribution >= 4 is 17.4 Å². The van der Waals surface area contributed by atoms with E-state index in [0.29, 0.717) is 12.4 Å². The van der Waals surface area contributed by atoms with Gasteiger partial charge in [0.15, 0.2) is 5.82 Å². The molecule has 0 atom stereocenters. The second-order valence-corrected chi connectivity index (χ2v) is 6.15. The van der Waals surface area contributed by atoms with E-state index in [1.165, 1.54) is 18.2 Å². The molecule has 3 nitrogen and oxygen atoms in total. The monoisotopic (exact) mass is 377 g/mol. The minimum absolute atomic E-state index is 0.135. The molecule has 0 spiro atoms. The number of hydrogen-bond acceptors (Lipinski definition) is 3. The molecule has 1 heterocycles. The highest BCUT2D eigenvalue weighted by Crippen LogP contribution is 2.32. The van der Waals surface area contributed by atoms with Crippen LogP contribution in [0.4, 0.5) is 19.0 Å². The van der Waals surface area contributed by atoms with Crippen molar-refractivity contribution in [1.29, 1.82) is 0 Å². The van der Waals surface area contributed by atoms with Gasteiger partial charge in [0.1, 0.15) is 11.0 Å². The van der Waals surface area contributed by atoms with Gasteiger partial charge in [0.05, 0.1) is 5.56 Å². The van der Waals surface area contributed by atoms with Crippen LogP contribution in [0.1, 0.15) is 16.7 Å². The summed E-state index contributed by atoms with van der Waals surface area (Å²) in [5.41, 5.74) is 1.70. The molecule has 134 valence electrons. The summed E-state index contributed by atoms with van der Waals surface area (Å²) in [6, 6.07) is 14.3. The Morgan fingerprint density at radius 2 is 1.77 bits per heavy atom. The molecule has 0 fully saturated rings. The lowest BCUT2D eigenvalue weighted by Gasteiger charge is -2.11. The number of nitrogens with zero attached hydrogens (tertiary/aromatic N) is 2. The van der Waals surface area contributed by atoms with Gasteiger partial charge in [-0.05, 0) is 30.2 Å². The molecule has 26 heavy (non-hydrogen) atoms. The van der Waals surface area contributed by atoms with Crippen LogP contribution >= 0.6 is 11.6 Å². The van der Waals surface area contributed by atoms with E-state index in [1.807, 2.05) is 31.2 Å². The molecule has 0 aliphatic rings. The largest absolute Gasteiger partial charge is 0.416 e. The topological polar surface area (TPSA) is 37.8 Å². The summed E-state index contributed by atoms with van der Waals surface area (Å²) in [6.45, 7) is 2.51. The summed E-state index contributed by atoms with van der Waals surface area (Å²) in [4.78, 5) is 8.34. The van der Waals surface area contributed by atoms with E-state index in [9.17, 15) is 13.2 Å². The van der Waals surface area contributed by atoms with Gasteiger partial charge in [-0.1, -0.05) is 48.0 Å². The van der Waals surface area contributed by atoms with E-state index in [0.717, 1.165) is 23.3 Å². The number of benzene rings is 2. The molecule has 0 bridgehead atoms. The highest BCUT2D eigenvalue weighted by atomic mass is 35.5. The summed E-state index contributed by atoms with van der Waals surface area (Å²) >= 11 is 6.03. The third-order valence-electron chi connectivity index (χ3n) is 3.86. The Morgan fingerprint density at radius 3 is 2.50 bits per heavy atom. The van der Waals surface area contributed by atoms with Crippen LogP contribution in [-0.2, 0) is 12.7 Å². The Bertz CT molecular complexity index is 926. The third kappa shape index (κ3) is 4.32. The first kappa shape index (κ1) is 18.2. The minimum atomic E-state index is -4.43. The van der Waals surface area contributed by atoms with Gasteiger partial charge in [0.25, 0.3) is 0 Å². The highest BCUT2D eigenvalue weighted by Gasteiger charge is 2.30. The summed E-state index contributed by atoms with van der Waals surface area (Å²) in [5.74, 6) is 0.580. The molecule has 0 saturated carbocycles. The maximum atomic E-state index is 12.9. The number of alkyl halides is 3. The zero-order valence-corrected chi connectivity index (χ0v) is 14.6. The van der Waals surface area contributed by atoms with Crippen LogP contribution in [0.5, 0.6) is 0 Å². The second-order valence-electron chi connectivity index (χ2n) is 5.76. The van der Waals surface area contributed by atoms with Crippen LogP contribution in [0.2, 0.25) is 5.15 Å². The zero-order chi connectivity index (χ0) is 18.7. The van der Waals surface area contributed by atoms with Crippen molar-refractivity contribution in [3.63, 3.8) is 0 Å². The maximum Gasteiger partial charge on any atom is 0.416 e. The van der Waals surface area contributed by atoms with Crippen LogP contribution in [0.3, 0.4) is 0 Å². The lowest BCUT2D eigenvalue weighted by molar-refractivity contribution is -0.137. The Morgan fingerprint density at radius 1 is 1.00 bits per heavy atom. The summed E-state index contributed by atoms with van der Waals surface area (Å²) in [7, 11) is 0. The van der Waals surface area contributed by atoms with Gasteiger partial charge >= 0.3 is 6.18 Å². The van der Waals surface area contributed by atoms with Crippen LogP contribution in [0.25, 0.3) is 11.4 Å². The van der Waals surface area contributed by atoms with Crippen molar-refractivity contribution in [3.8, 4) is 11.4 Å². The fourth-order valence-electron chi connectivity index (χ4n) is 2.47. The Balaban J connectivity index is 1.87. The van der Waals surface area contributed by atoms with E-state index in [-0.39, 0.29) is 16.5 Å². The van der Waals surface area contributed by atoms with Crippen molar-refractivity contribution < 1.29 is 13.2 Å². The van der Waals surface area contributed by atoms with Gasteiger partial charge in [-0.15, -0.1) is 0 Å². The predicted octanol–water partition coefficient (Wildman–Crippen LogP) is 5.74. The third-order valence-corrected chi connectivity index (χ3v) is 4.06. The lowest BCUT2D eigenvalue weighted by Crippen LogP contribution is -2.06. The van der Waals surface area contributed by atoms with Crippen molar-refractivity contribution in [2.24, 2.45) is 0 Å². The first-order valence-corrected chi connectivity index (χ1v) is 8.21. The van der Waals surface area contributed by atoms with Crippen LogP contribution in [-0.4, -0.2) is 9.97 Å². The normalized spacial score (nSPS) is 11.4. The molecule has 7 heteroatoms. The number of aryl methyl sites for hydroxylation is 1. The number of rotatable bonds is 4. The summed E-state index contributed by atoms with van der Waals surface area (Å²) in [5, 5.41) is 3.29. The number of aromatic nitrogens is 2. The van der Waals surface area contributed by atoms with Gasteiger partial charge < -0.3 is 5.32 Å². The minimum Gasteiger partial charge on any atom is -0.366 e. The molecule has 0 saturated heterocycles. The number of anilines is 1. The molecule has 0 radical (unpaired) electrons. The average molecular weight is 378 g/mol. The average Bonchev–Trinajstić information content (AvgIpc) is 2.60. The van der Waals surface area contributed by atoms with Crippen LogP contribution in [0.15, 0.2) is 54.6 Å². The van der Waals surface area contributed by atoms with E-state index < -0.39 is 11.7 Å². The molecule has 3 rings (SSSR count). The molecule has 3 aromatic rings. The first-order valence-electron chi connectivity index (χ1n) is 7.83. The molecular formula is C19H15ClF3N3. The van der Waals surface area contributed by atoms with Gasteiger partial charge in [0, 0.05) is 18.2 Å². The van der Waals surface area contributed by atoms with Crippen LogP contribution in [0, 0.1) is 6.92 Å². The molecule has 0 unspecified atom stereocenters. The van der Waals surface area contributed by atoms with Gasteiger partial charge in [-0.3, -0.25) is 0 Å². The van der Waals surface area contributed by atoms with Crippen molar-refractivity contribution in [2.75, 3.05) is 5.32 Å². The SMILES string of the molecule is Cc1ccccc1CNc1cc(Cl)nc(-c2cccc(C(F)(F)F)c2)n1. The van der Waals surface area contributed by atoms with Crippen molar-refractivity contribution in [3.05, 3.63) is 76.4 Å². The Hall–Kier alpha value is -2.60. The summed E-state index contributed by atoms with van der Waals surface area (Å²) in [6.07, 6.45) is -4.43. The van der Waals surface area contributed by atoms with Crippen LogP contribution < -0.4 is 5.32 Å². The second kappa shape index (κ2) is 7.33. The summed E-state index contributed by atoms with van der Waals surface area (Å²) < 4.78 is 38.7. The number of halogens is 4. The number of nitrogens with one attached hydrogen (secondary N) is 1. The molecule has 0 aliphatic carbocycles. The van der Waals surface area contributed by atoms with E-state index in [2.05, 4.69) is 15.3 Å². The van der Waals surface area contributed by atoms with E-state index in [1.54, 1.807) is 0 Å². The molecular weight excluding hydrogens is 363 g/mol. The Kier molecular flexibility index (Phi) is 5.13. The van der Waals surface area contributed by atoms with Crippen molar-refractivity contribution in [1.82, 2.24) is 9.97 Å². The molecule has 0 amide bonds. The molecule has 1 N–H and O–H groups in total. The Labute approximate surface area is 153 Å². The lowest BCUT2D eigenvalue weighted by atomic mass is 10.1. The fourth-order valence-corrected chi connectivity index (χ4v) is 2.65. The maximum absolute atomic E-state index is 12.9. The fraction of sp³-hybridized carbons (Fsp3) is 0.158. The standard InChI is InChI=1S/C19H15ClF3N3/c1-12-5-2-3-6-14(12)11-24-17-10-16(20)25-18(26-17)13-7-4-8-15(9-13)19(21,22)23/h2-10H,11H2,1H3,(H,24,25,26). The molecule has 0 aliphatic heterocycles. The zero-order valence-electron chi connectivity index (χ0n) is 13.8. The highest BCUT2D eigenvalue weighted by molar-refractivity contribution is 6.29. The van der Waals surface area contributed by atoms with Gasteiger partial charge in [-0.2, -0.15) is 13.2 Å².